The minimum atomic E-state index is -0.732. The highest BCUT2D eigenvalue weighted by Gasteiger charge is 2.30. The summed E-state index contributed by atoms with van der Waals surface area (Å²) in [6.45, 7) is 10.9. The summed E-state index contributed by atoms with van der Waals surface area (Å²) < 4.78 is 13.1. The molecule has 4 heteroatoms. The summed E-state index contributed by atoms with van der Waals surface area (Å²) >= 11 is 0. The molecule has 25 heavy (non-hydrogen) atoms. The lowest BCUT2D eigenvalue weighted by Gasteiger charge is -2.34. The number of nitrogens with zero attached hydrogens (tertiary/aromatic N) is 3. The maximum Gasteiger partial charge on any atom is 0.226 e. The normalized spacial score (nSPS) is 15.4. The molecule has 2 heterocycles. The zero-order valence-corrected chi connectivity index (χ0v) is 16.1. The number of fused-ring (bicyclic) bond motifs is 1. The minimum absolute atomic E-state index is 0. The Hall–Kier alpha value is -1.97. The van der Waals surface area contributed by atoms with Gasteiger partial charge in [-0.2, -0.15) is 0 Å². The predicted octanol–water partition coefficient (Wildman–Crippen LogP) is 5.40. The summed E-state index contributed by atoms with van der Waals surface area (Å²) in [5.41, 5.74) is 5.85. The molecule has 0 amide bonds. The fourth-order valence-corrected chi connectivity index (χ4v) is 3.18. The lowest BCUT2D eigenvalue weighted by atomic mass is 10.0. The fraction of sp³-hybridized carbons (Fsp3) is 0.524. The quantitative estimate of drug-likeness (QED) is 0.730. The third-order valence-corrected chi connectivity index (χ3v) is 4.33. The van der Waals surface area contributed by atoms with E-state index in [9.17, 15) is 4.39 Å². The Balaban J connectivity index is 0.000000635. The molecule has 0 bridgehead atoms. The minimum Gasteiger partial charge on any atom is -0.335 e. The van der Waals surface area contributed by atoms with Crippen LogP contribution >= 0.6 is 0 Å². The Morgan fingerprint density at radius 2 is 1.80 bits per heavy atom. The zero-order chi connectivity index (χ0) is 18.4. The summed E-state index contributed by atoms with van der Waals surface area (Å²) in [5.74, 6) is 0.695. The molecule has 1 saturated heterocycles. The van der Waals surface area contributed by atoms with Crippen LogP contribution < -0.4 is 4.90 Å². The van der Waals surface area contributed by atoms with Crippen molar-refractivity contribution < 1.29 is 5.82 Å². The molecule has 2 aromatic rings. The Morgan fingerprint density at radius 1 is 1.08 bits per heavy atom. The van der Waals surface area contributed by atoms with Gasteiger partial charge in [0.1, 0.15) is 6.17 Å². The lowest BCUT2D eigenvalue weighted by Crippen LogP contribution is -2.49. The van der Waals surface area contributed by atoms with Crippen LogP contribution in [0, 0.1) is 6.92 Å². The number of aryl methyl sites for hydroxylation is 2. The molecule has 0 unspecified atom stereocenters. The number of benzene rings is 1. The maximum absolute atomic E-state index is 13.1. The maximum atomic E-state index is 13.1. The Bertz CT molecular complexity index is 700. The fourth-order valence-electron chi connectivity index (χ4n) is 3.18. The number of hydrogen-bond acceptors (Lipinski definition) is 3. The van der Waals surface area contributed by atoms with Crippen molar-refractivity contribution in [2.45, 2.75) is 60.1 Å². The molecular weight excluding hydrogens is 313 g/mol. The van der Waals surface area contributed by atoms with Crippen LogP contribution in [0.5, 0.6) is 0 Å². The van der Waals surface area contributed by atoms with Crippen molar-refractivity contribution in [3.63, 3.8) is 0 Å². The average Bonchev–Trinajstić information content (AvgIpc) is 3.10. The van der Waals surface area contributed by atoms with Crippen LogP contribution in [0.4, 0.5) is 10.3 Å². The van der Waals surface area contributed by atoms with Crippen LogP contribution in [0.15, 0.2) is 24.3 Å². The van der Waals surface area contributed by atoms with Crippen molar-refractivity contribution in [2.75, 3.05) is 18.0 Å². The zero-order valence-electron chi connectivity index (χ0n) is 16.1. The van der Waals surface area contributed by atoms with E-state index in [4.69, 9.17) is 4.98 Å². The molecule has 1 aromatic carbocycles. The number of anilines is 1. The van der Waals surface area contributed by atoms with Crippen molar-refractivity contribution in [2.24, 2.45) is 0 Å². The first-order valence-electron chi connectivity index (χ1n) is 9.56. The highest BCUT2D eigenvalue weighted by molar-refractivity contribution is 5.67. The van der Waals surface area contributed by atoms with E-state index >= 15 is 0 Å². The van der Waals surface area contributed by atoms with Crippen molar-refractivity contribution in [1.82, 2.24) is 9.97 Å². The summed E-state index contributed by atoms with van der Waals surface area (Å²) in [6, 6.07) is 8.43. The van der Waals surface area contributed by atoms with Crippen LogP contribution in [0.1, 0.15) is 52.4 Å². The number of hydrogen-bond donors (Lipinski definition) is 0. The van der Waals surface area contributed by atoms with Crippen LogP contribution in [-0.2, 0) is 12.8 Å². The van der Waals surface area contributed by atoms with Crippen molar-refractivity contribution in [3.8, 4) is 11.3 Å². The van der Waals surface area contributed by atoms with Gasteiger partial charge in [0.05, 0.1) is 18.8 Å². The van der Waals surface area contributed by atoms with Gasteiger partial charge in [-0.05, 0) is 32.3 Å². The molecule has 1 aliphatic carbocycles. The number of halogens is 1. The second-order valence-electron chi connectivity index (χ2n) is 6.02. The molecule has 138 valence electrons. The Kier molecular flexibility index (Phi) is 6.91. The van der Waals surface area contributed by atoms with Gasteiger partial charge in [0.25, 0.3) is 0 Å². The van der Waals surface area contributed by atoms with Crippen LogP contribution in [0.25, 0.3) is 11.3 Å². The topological polar surface area (TPSA) is 29.0 Å². The lowest BCUT2D eigenvalue weighted by molar-refractivity contribution is 0.272. The second kappa shape index (κ2) is 8.93. The highest BCUT2D eigenvalue weighted by Crippen LogP contribution is 2.33. The van der Waals surface area contributed by atoms with Gasteiger partial charge in [0.15, 0.2) is 0 Å². The smallest absolute Gasteiger partial charge is 0.226 e. The molecule has 0 radical (unpaired) electrons. The molecule has 0 atom stereocenters. The summed E-state index contributed by atoms with van der Waals surface area (Å²) in [5, 5.41) is 0. The third kappa shape index (κ3) is 4.17. The van der Waals surface area contributed by atoms with E-state index < -0.39 is 6.17 Å². The van der Waals surface area contributed by atoms with E-state index in [1.807, 2.05) is 32.6 Å². The number of aromatic nitrogens is 2. The first kappa shape index (κ1) is 19.4. The molecule has 1 fully saturated rings. The number of rotatable bonds is 2. The van der Waals surface area contributed by atoms with E-state index in [0.29, 0.717) is 19.0 Å². The average molecular weight is 346 g/mol. The van der Waals surface area contributed by atoms with Gasteiger partial charge in [0, 0.05) is 18.2 Å². The van der Waals surface area contributed by atoms with E-state index in [-0.39, 0.29) is 1.43 Å². The third-order valence-electron chi connectivity index (χ3n) is 4.33. The summed E-state index contributed by atoms with van der Waals surface area (Å²) in [6.07, 6.45) is 2.46. The molecule has 1 aromatic heterocycles. The van der Waals surface area contributed by atoms with Gasteiger partial charge >= 0.3 is 0 Å². The largest absolute Gasteiger partial charge is 0.335 e. The Morgan fingerprint density at radius 3 is 2.44 bits per heavy atom. The summed E-state index contributed by atoms with van der Waals surface area (Å²) in [4.78, 5) is 11.4. The molecule has 4 rings (SSSR count). The van der Waals surface area contributed by atoms with E-state index in [1.165, 1.54) is 11.1 Å². The van der Waals surface area contributed by atoms with Crippen molar-refractivity contribution in [1.29, 1.82) is 0 Å². The van der Waals surface area contributed by atoms with Gasteiger partial charge in [-0.1, -0.05) is 51.5 Å². The SMILES string of the molecule is CC.CC.Cc1cccc(-c2nc(N3CC(F)C3)nc3c2CCC3)c1.[HH]. The van der Waals surface area contributed by atoms with E-state index in [2.05, 4.69) is 36.2 Å². The Labute approximate surface area is 152 Å². The summed E-state index contributed by atoms with van der Waals surface area (Å²) in [7, 11) is 0. The van der Waals surface area contributed by atoms with Crippen LogP contribution in [0.3, 0.4) is 0 Å². The van der Waals surface area contributed by atoms with Crippen LogP contribution in [-0.4, -0.2) is 29.2 Å². The molecule has 0 saturated carbocycles. The highest BCUT2D eigenvalue weighted by atomic mass is 19.1. The van der Waals surface area contributed by atoms with Crippen molar-refractivity contribution in [3.05, 3.63) is 41.1 Å². The standard InChI is InChI=1S/C17H18FN3.2C2H6.H2/c1-11-4-2-5-12(8-11)16-14-6-3-7-15(14)19-17(20-16)21-9-13(18)10-21;2*1-2;/h2,4-5,8,13H,3,6-7,9-10H2,1H3;2*1-2H3;1H. The van der Waals surface area contributed by atoms with E-state index in [0.717, 1.165) is 36.2 Å². The molecular formula is C21H32FN3. The van der Waals surface area contributed by atoms with Gasteiger partial charge in [-0.3, -0.25) is 0 Å². The molecule has 2 aliphatic rings. The predicted molar refractivity (Wildman–Crippen MR) is 106 cm³/mol. The van der Waals surface area contributed by atoms with Crippen molar-refractivity contribution >= 4 is 5.95 Å². The molecule has 1 aliphatic heterocycles. The van der Waals surface area contributed by atoms with Gasteiger partial charge < -0.3 is 4.90 Å². The second-order valence-corrected chi connectivity index (χ2v) is 6.02. The van der Waals surface area contributed by atoms with Crippen LogP contribution in [0.2, 0.25) is 0 Å². The van der Waals surface area contributed by atoms with Gasteiger partial charge in [-0.25, -0.2) is 14.4 Å². The van der Waals surface area contributed by atoms with E-state index in [1.54, 1.807) is 0 Å². The molecule has 0 N–H and O–H groups in total. The molecule has 3 nitrogen and oxygen atoms in total. The van der Waals surface area contributed by atoms with Gasteiger partial charge in [-0.15, -0.1) is 0 Å². The first-order valence-corrected chi connectivity index (χ1v) is 9.56. The number of alkyl halides is 1. The first-order chi connectivity index (χ1) is 12.2. The molecule has 0 spiro atoms. The van der Waals surface area contributed by atoms with Gasteiger partial charge in [0.2, 0.25) is 5.95 Å². The monoisotopic (exact) mass is 345 g/mol.